The quantitative estimate of drug-likeness (QED) is 0.337. The van der Waals surface area contributed by atoms with Crippen LogP contribution in [0.3, 0.4) is 0 Å². The van der Waals surface area contributed by atoms with Crippen LogP contribution in [0.15, 0.2) is 6.20 Å². The molecule has 0 radical (unpaired) electrons. The van der Waals surface area contributed by atoms with Crippen molar-refractivity contribution in [2.75, 3.05) is 19.6 Å². The molecular formula is C10H18N6O2. The fraction of sp³-hybridized carbons (Fsp3) is 0.700. The lowest BCUT2D eigenvalue weighted by molar-refractivity contribution is 0.0682. The molecule has 8 heteroatoms. The normalized spacial score (nSPS) is 24.4. The van der Waals surface area contributed by atoms with Crippen molar-refractivity contribution in [3.05, 3.63) is 11.9 Å². The number of carbonyl (C=O) groups excluding carboxylic acids is 1. The summed E-state index contributed by atoms with van der Waals surface area (Å²) in [5, 5.41) is 17.4. The summed E-state index contributed by atoms with van der Waals surface area (Å²) in [7, 11) is 0. The van der Waals surface area contributed by atoms with E-state index in [0.717, 1.165) is 19.5 Å². The molecule has 2 rings (SSSR count). The van der Waals surface area contributed by atoms with E-state index in [4.69, 9.17) is 5.84 Å². The molecule has 2 heterocycles. The summed E-state index contributed by atoms with van der Waals surface area (Å²) in [5.41, 5.74) is 1.61. The van der Waals surface area contributed by atoms with Gasteiger partial charge in [-0.05, 0) is 13.3 Å². The third-order valence-corrected chi connectivity index (χ3v) is 3.08. The molecule has 0 saturated carbocycles. The van der Waals surface area contributed by atoms with Gasteiger partial charge in [-0.25, -0.2) is 5.84 Å². The van der Waals surface area contributed by atoms with E-state index >= 15 is 0 Å². The van der Waals surface area contributed by atoms with Crippen molar-refractivity contribution in [3.63, 3.8) is 0 Å². The third-order valence-electron chi connectivity index (χ3n) is 3.08. The number of nitrogen functional groups attached to an aromatic ring is 1. The second-order valence-corrected chi connectivity index (χ2v) is 4.86. The molecule has 0 aliphatic carbocycles. The molecule has 100 valence electrons. The van der Waals surface area contributed by atoms with Gasteiger partial charge in [-0.1, -0.05) is 5.21 Å². The van der Waals surface area contributed by atoms with Crippen LogP contribution in [0.4, 0.5) is 0 Å². The number of likely N-dealkylation sites (tertiary alicyclic amines) is 1. The lowest BCUT2D eigenvalue weighted by Gasteiger charge is -2.18. The van der Waals surface area contributed by atoms with Crippen molar-refractivity contribution < 1.29 is 9.90 Å². The summed E-state index contributed by atoms with van der Waals surface area (Å²) in [5.74, 6) is 4.55. The fourth-order valence-electron chi connectivity index (χ4n) is 2.06. The zero-order valence-corrected chi connectivity index (χ0v) is 10.3. The maximum absolute atomic E-state index is 11.2. The number of hydrazine groups is 1. The van der Waals surface area contributed by atoms with Gasteiger partial charge < -0.3 is 5.11 Å². The van der Waals surface area contributed by atoms with E-state index in [2.05, 4.69) is 15.2 Å². The number of nitrogens with zero attached hydrogens (tertiary/aromatic N) is 4. The Hall–Kier alpha value is -1.51. The highest BCUT2D eigenvalue weighted by Gasteiger charge is 2.30. The molecule has 1 fully saturated rings. The van der Waals surface area contributed by atoms with Crippen LogP contribution in [-0.4, -0.2) is 56.1 Å². The standard InChI is InChI=1S/C10H18N6O2/c1-10(18)2-3-15(7-10)4-5-16-6-8(13-14-16)9(17)12-11/h6,18H,2-5,7,11H2,1H3,(H,12,17). The molecule has 1 amide bonds. The van der Waals surface area contributed by atoms with Gasteiger partial charge in [0.2, 0.25) is 0 Å². The van der Waals surface area contributed by atoms with Gasteiger partial charge in [0.1, 0.15) is 0 Å². The highest BCUT2D eigenvalue weighted by molar-refractivity contribution is 5.91. The van der Waals surface area contributed by atoms with Crippen LogP contribution in [0, 0.1) is 0 Å². The number of nitrogens with one attached hydrogen (secondary N) is 1. The first kappa shape index (κ1) is 12.9. The fourth-order valence-corrected chi connectivity index (χ4v) is 2.06. The number of aliphatic hydroxyl groups is 1. The Morgan fingerprint density at radius 3 is 3.06 bits per heavy atom. The van der Waals surface area contributed by atoms with Crippen molar-refractivity contribution in [1.29, 1.82) is 0 Å². The first-order chi connectivity index (χ1) is 8.50. The molecule has 1 aliphatic heterocycles. The molecule has 1 unspecified atom stereocenters. The van der Waals surface area contributed by atoms with Gasteiger partial charge in [-0.2, -0.15) is 0 Å². The SMILES string of the molecule is CC1(O)CCN(CCn2cc(C(=O)NN)nn2)C1. The van der Waals surface area contributed by atoms with Gasteiger partial charge >= 0.3 is 0 Å². The van der Waals surface area contributed by atoms with E-state index in [-0.39, 0.29) is 5.69 Å². The van der Waals surface area contributed by atoms with Crippen LogP contribution in [0.1, 0.15) is 23.8 Å². The van der Waals surface area contributed by atoms with Gasteiger partial charge in [0.25, 0.3) is 5.91 Å². The molecule has 1 atom stereocenters. The Morgan fingerprint density at radius 2 is 2.44 bits per heavy atom. The van der Waals surface area contributed by atoms with Gasteiger partial charge in [0.15, 0.2) is 5.69 Å². The van der Waals surface area contributed by atoms with Crippen molar-refractivity contribution in [2.45, 2.75) is 25.5 Å². The van der Waals surface area contributed by atoms with Crippen molar-refractivity contribution in [2.24, 2.45) is 5.84 Å². The summed E-state index contributed by atoms with van der Waals surface area (Å²) in [4.78, 5) is 13.3. The molecule has 1 saturated heterocycles. The predicted molar refractivity (Wildman–Crippen MR) is 63.4 cm³/mol. The molecule has 0 spiro atoms. The van der Waals surface area contributed by atoms with E-state index in [1.54, 1.807) is 10.9 Å². The number of hydrogen-bond donors (Lipinski definition) is 3. The Bertz CT molecular complexity index is 430. The van der Waals surface area contributed by atoms with E-state index in [0.29, 0.717) is 13.1 Å². The summed E-state index contributed by atoms with van der Waals surface area (Å²) >= 11 is 0. The number of nitrogens with two attached hydrogens (primary N) is 1. The van der Waals surface area contributed by atoms with E-state index in [9.17, 15) is 9.90 Å². The molecule has 1 aromatic rings. The van der Waals surface area contributed by atoms with Crippen molar-refractivity contribution in [3.8, 4) is 0 Å². The molecule has 4 N–H and O–H groups in total. The minimum Gasteiger partial charge on any atom is -0.389 e. The lowest BCUT2D eigenvalue weighted by atomic mass is 10.1. The van der Waals surface area contributed by atoms with Crippen LogP contribution in [0.5, 0.6) is 0 Å². The zero-order chi connectivity index (χ0) is 13.2. The topological polar surface area (TPSA) is 109 Å². The van der Waals surface area contributed by atoms with Crippen LogP contribution < -0.4 is 11.3 Å². The largest absolute Gasteiger partial charge is 0.389 e. The minimum atomic E-state index is -0.590. The maximum atomic E-state index is 11.2. The summed E-state index contributed by atoms with van der Waals surface area (Å²) in [6.45, 7) is 4.77. The van der Waals surface area contributed by atoms with Crippen molar-refractivity contribution >= 4 is 5.91 Å². The number of aromatic nitrogens is 3. The molecular weight excluding hydrogens is 236 g/mol. The molecule has 0 aromatic carbocycles. The number of β-amino-alcohol motifs (C(OH)–C–C–N with tert-alkyl or cyclic N) is 1. The number of amides is 1. The van der Waals surface area contributed by atoms with Gasteiger partial charge in [-0.3, -0.25) is 19.8 Å². The number of carbonyl (C=O) groups is 1. The molecule has 8 nitrogen and oxygen atoms in total. The Balaban J connectivity index is 1.84. The first-order valence-corrected chi connectivity index (χ1v) is 5.86. The average molecular weight is 254 g/mol. The van der Waals surface area contributed by atoms with Crippen molar-refractivity contribution in [1.82, 2.24) is 25.3 Å². The first-order valence-electron chi connectivity index (χ1n) is 5.86. The molecule has 18 heavy (non-hydrogen) atoms. The van der Waals surface area contributed by atoms with Gasteiger partial charge in [0, 0.05) is 19.6 Å². The zero-order valence-electron chi connectivity index (χ0n) is 10.3. The lowest BCUT2D eigenvalue weighted by Crippen LogP contribution is -2.31. The summed E-state index contributed by atoms with van der Waals surface area (Å²) < 4.78 is 1.59. The van der Waals surface area contributed by atoms with Gasteiger partial charge in [-0.15, -0.1) is 5.10 Å². The minimum absolute atomic E-state index is 0.200. The summed E-state index contributed by atoms with van der Waals surface area (Å²) in [6, 6.07) is 0. The molecule has 0 bridgehead atoms. The van der Waals surface area contributed by atoms with E-state index in [1.807, 2.05) is 12.3 Å². The Morgan fingerprint density at radius 1 is 1.67 bits per heavy atom. The number of hydrogen-bond acceptors (Lipinski definition) is 6. The van der Waals surface area contributed by atoms with Crippen LogP contribution >= 0.6 is 0 Å². The summed E-state index contributed by atoms with van der Waals surface area (Å²) in [6.07, 6.45) is 2.33. The monoisotopic (exact) mass is 254 g/mol. The Labute approximate surface area is 105 Å². The third kappa shape index (κ3) is 3.03. The van der Waals surface area contributed by atoms with Crippen LogP contribution in [0.2, 0.25) is 0 Å². The second-order valence-electron chi connectivity index (χ2n) is 4.86. The molecule has 1 aromatic heterocycles. The maximum Gasteiger partial charge on any atom is 0.287 e. The molecule has 1 aliphatic rings. The average Bonchev–Trinajstić information content (AvgIpc) is 2.92. The smallest absolute Gasteiger partial charge is 0.287 e. The van der Waals surface area contributed by atoms with Crippen LogP contribution in [-0.2, 0) is 6.54 Å². The van der Waals surface area contributed by atoms with Gasteiger partial charge in [0.05, 0.1) is 18.3 Å². The van der Waals surface area contributed by atoms with E-state index in [1.165, 1.54) is 0 Å². The van der Waals surface area contributed by atoms with Crippen LogP contribution in [0.25, 0.3) is 0 Å². The second kappa shape index (κ2) is 5.01. The Kier molecular flexibility index (Phi) is 3.60. The van der Waals surface area contributed by atoms with E-state index < -0.39 is 11.5 Å². The predicted octanol–water partition coefficient (Wildman–Crippen LogP) is -1.66. The number of rotatable bonds is 4. The highest BCUT2D eigenvalue weighted by atomic mass is 16.3. The highest BCUT2D eigenvalue weighted by Crippen LogP contribution is 2.19.